The molecule has 3 heteroatoms. The maximum absolute atomic E-state index is 6.08. The lowest BCUT2D eigenvalue weighted by molar-refractivity contribution is 0.218. The van der Waals surface area contributed by atoms with E-state index >= 15 is 0 Å². The van der Waals surface area contributed by atoms with Gasteiger partial charge < -0.3 is 10.2 Å². The van der Waals surface area contributed by atoms with Crippen LogP contribution in [0.5, 0.6) is 0 Å². The second-order valence-corrected chi connectivity index (χ2v) is 6.58. The summed E-state index contributed by atoms with van der Waals surface area (Å²) >= 11 is 6.08. The van der Waals surface area contributed by atoms with E-state index in [1.165, 1.54) is 12.0 Å². The van der Waals surface area contributed by atoms with E-state index in [0.29, 0.717) is 12.1 Å². The normalized spacial score (nSPS) is 14.8. The Bertz CT molecular complexity index is 392. The smallest absolute Gasteiger partial charge is 0.0409 e. The monoisotopic (exact) mass is 296 g/mol. The summed E-state index contributed by atoms with van der Waals surface area (Å²) in [7, 11) is 4.24. The zero-order valence-electron chi connectivity index (χ0n) is 13.5. The van der Waals surface area contributed by atoms with E-state index in [1.54, 1.807) is 0 Å². The van der Waals surface area contributed by atoms with Gasteiger partial charge >= 0.3 is 0 Å². The molecule has 0 bridgehead atoms. The van der Waals surface area contributed by atoms with Crippen LogP contribution in [-0.2, 0) is 0 Å². The van der Waals surface area contributed by atoms with Gasteiger partial charge in [-0.2, -0.15) is 0 Å². The van der Waals surface area contributed by atoms with Crippen molar-refractivity contribution in [2.75, 3.05) is 20.6 Å². The van der Waals surface area contributed by atoms with E-state index in [-0.39, 0.29) is 0 Å². The van der Waals surface area contributed by atoms with E-state index in [0.717, 1.165) is 23.9 Å². The van der Waals surface area contributed by atoms with Gasteiger partial charge in [0.2, 0.25) is 0 Å². The molecule has 0 spiro atoms. The molecule has 1 aromatic rings. The summed E-state index contributed by atoms with van der Waals surface area (Å²) in [5.41, 5.74) is 1.27. The number of nitrogens with one attached hydrogen (secondary N) is 1. The van der Waals surface area contributed by atoms with Crippen molar-refractivity contribution in [2.24, 2.45) is 5.92 Å². The fourth-order valence-corrected chi connectivity index (χ4v) is 2.82. The van der Waals surface area contributed by atoms with Crippen LogP contribution in [-0.4, -0.2) is 31.6 Å². The fraction of sp³-hybridized carbons (Fsp3) is 0.647. The molecule has 0 heterocycles. The lowest BCUT2D eigenvalue weighted by Crippen LogP contribution is -2.33. The van der Waals surface area contributed by atoms with Crippen molar-refractivity contribution in [3.63, 3.8) is 0 Å². The summed E-state index contributed by atoms with van der Waals surface area (Å²) < 4.78 is 0. The number of hydrogen-bond acceptors (Lipinski definition) is 2. The van der Waals surface area contributed by atoms with Crippen LogP contribution in [0.15, 0.2) is 24.3 Å². The molecule has 0 aromatic heterocycles. The van der Waals surface area contributed by atoms with E-state index in [2.05, 4.69) is 50.2 Å². The zero-order valence-corrected chi connectivity index (χ0v) is 14.2. The maximum atomic E-state index is 6.08. The molecule has 2 nitrogen and oxygen atoms in total. The Morgan fingerprint density at radius 3 is 2.50 bits per heavy atom. The van der Waals surface area contributed by atoms with Crippen molar-refractivity contribution >= 4 is 11.6 Å². The Morgan fingerprint density at radius 2 is 1.95 bits per heavy atom. The van der Waals surface area contributed by atoms with Crippen LogP contribution in [0.3, 0.4) is 0 Å². The fourth-order valence-electron chi connectivity index (χ4n) is 2.62. The van der Waals surface area contributed by atoms with Crippen molar-refractivity contribution in [2.45, 2.75) is 45.7 Å². The van der Waals surface area contributed by atoms with Crippen LogP contribution in [0.2, 0.25) is 5.02 Å². The van der Waals surface area contributed by atoms with Gasteiger partial charge in [0.05, 0.1) is 0 Å². The third-order valence-electron chi connectivity index (χ3n) is 3.93. The highest BCUT2D eigenvalue weighted by Crippen LogP contribution is 2.21. The lowest BCUT2D eigenvalue weighted by Gasteiger charge is -2.28. The molecule has 114 valence electrons. The molecule has 1 rings (SSSR count). The van der Waals surface area contributed by atoms with Crippen LogP contribution in [0, 0.1) is 5.92 Å². The molecule has 0 fully saturated rings. The second kappa shape index (κ2) is 8.66. The quantitative estimate of drug-likeness (QED) is 0.767. The minimum atomic E-state index is 0.363. The predicted octanol–water partition coefficient (Wildman–Crippen LogP) is 4.36. The average molecular weight is 297 g/mol. The van der Waals surface area contributed by atoms with Gasteiger partial charge in [-0.05, 0) is 64.0 Å². The topological polar surface area (TPSA) is 15.3 Å². The standard InChI is InChI=1S/C17H29ClN2/c1-13(2)11-14(3)20(5)10-9-17(19-4)15-7-6-8-16(18)12-15/h6-8,12-14,17,19H,9-11H2,1-5H3. The van der Waals surface area contributed by atoms with Crippen LogP contribution in [0.25, 0.3) is 0 Å². The van der Waals surface area contributed by atoms with Crippen molar-refractivity contribution in [3.05, 3.63) is 34.9 Å². The van der Waals surface area contributed by atoms with Gasteiger partial charge in [0.1, 0.15) is 0 Å². The summed E-state index contributed by atoms with van der Waals surface area (Å²) in [5.74, 6) is 0.750. The highest BCUT2D eigenvalue weighted by atomic mass is 35.5. The molecule has 0 saturated carbocycles. The molecule has 0 radical (unpaired) electrons. The molecule has 20 heavy (non-hydrogen) atoms. The highest BCUT2D eigenvalue weighted by molar-refractivity contribution is 6.30. The Labute approximate surface area is 129 Å². The van der Waals surface area contributed by atoms with E-state index in [4.69, 9.17) is 11.6 Å². The van der Waals surface area contributed by atoms with Crippen LogP contribution < -0.4 is 5.32 Å². The molecule has 1 N–H and O–H groups in total. The first-order valence-corrected chi connectivity index (χ1v) is 7.94. The van der Waals surface area contributed by atoms with Crippen molar-refractivity contribution < 1.29 is 0 Å². The van der Waals surface area contributed by atoms with Gasteiger partial charge in [-0.25, -0.2) is 0 Å². The van der Waals surface area contributed by atoms with Crippen LogP contribution >= 0.6 is 11.6 Å². The third-order valence-corrected chi connectivity index (χ3v) is 4.17. The van der Waals surface area contributed by atoms with E-state index in [1.807, 2.05) is 19.2 Å². The van der Waals surface area contributed by atoms with Gasteiger partial charge in [-0.1, -0.05) is 37.6 Å². The van der Waals surface area contributed by atoms with Crippen molar-refractivity contribution in [3.8, 4) is 0 Å². The number of hydrogen-bond donors (Lipinski definition) is 1. The largest absolute Gasteiger partial charge is 0.313 e. The molecular weight excluding hydrogens is 268 g/mol. The average Bonchev–Trinajstić information content (AvgIpc) is 2.38. The van der Waals surface area contributed by atoms with Crippen LogP contribution in [0.1, 0.15) is 45.2 Å². The highest BCUT2D eigenvalue weighted by Gasteiger charge is 2.14. The number of benzene rings is 1. The minimum Gasteiger partial charge on any atom is -0.313 e. The van der Waals surface area contributed by atoms with E-state index in [9.17, 15) is 0 Å². The van der Waals surface area contributed by atoms with Crippen molar-refractivity contribution in [1.29, 1.82) is 0 Å². The van der Waals surface area contributed by atoms with Gasteiger partial charge in [-0.15, -0.1) is 0 Å². The Kier molecular flexibility index (Phi) is 7.57. The Balaban J connectivity index is 2.53. The molecule has 0 saturated heterocycles. The van der Waals surface area contributed by atoms with Gasteiger partial charge in [0, 0.05) is 17.1 Å². The molecule has 0 aliphatic rings. The Morgan fingerprint density at radius 1 is 1.25 bits per heavy atom. The van der Waals surface area contributed by atoms with E-state index < -0.39 is 0 Å². The first-order valence-electron chi connectivity index (χ1n) is 7.57. The SMILES string of the molecule is CNC(CCN(C)C(C)CC(C)C)c1cccc(Cl)c1. The van der Waals surface area contributed by atoms with Gasteiger partial charge in [-0.3, -0.25) is 0 Å². The Hall–Kier alpha value is -0.570. The molecular formula is C17H29ClN2. The van der Waals surface area contributed by atoms with Gasteiger partial charge in [0.25, 0.3) is 0 Å². The molecule has 2 unspecified atom stereocenters. The first kappa shape index (κ1) is 17.5. The maximum Gasteiger partial charge on any atom is 0.0409 e. The number of halogens is 1. The number of rotatable bonds is 8. The third kappa shape index (κ3) is 5.82. The molecule has 2 atom stereocenters. The summed E-state index contributed by atoms with van der Waals surface area (Å²) in [5, 5.41) is 4.20. The molecule has 0 aliphatic heterocycles. The summed E-state index contributed by atoms with van der Waals surface area (Å²) in [6, 6.07) is 9.14. The van der Waals surface area contributed by atoms with Crippen LogP contribution in [0.4, 0.5) is 0 Å². The van der Waals surface area contributed by atoms with Gasteiger partial charge in [0.15, 0.2) is 0 Å². The second-order valence-electron chi connectivity index (χ2n) is 6.14. The van der Waals surface area contributed by atoms with Crippen molar-refractivity contribution in [1.82, 2.24) is 10.2 Å². The summed E-state index contributed by atoms with van der Waals surface area (Å²) in [6.45, 7) is 7.97. The summed E-state index contributed by atoms with van der Waals surface area (Å²) in [4.78, 5) is 2.45. The zero-order chi connectivity index (χ0) is 15.1. The summed E-state index contributed by atoms with van der Waals surface area (Å²) in [6.07, 6.45) is 2.34. The molecule has 0 aliphatic carbocycles. The molecule has 0 amide bonds. The first-order chi connectivity index (χ1) is 9.43. The predicted molar refractivity (Wildman–Crippen MR) is 89.4 cm³/mol. The number of nitrogens with zero attached hydrogens (tertiary/aromatic N) is 1. The minimum absolute atomic E-state index is 0.363. The molecule has 1 aromatic carbocycles. The lowest BCUT2D eigenvalue weighted by atomic mass is 10.0.